The minimum Gasteiger partial charge on any atom is -0.475 e. The fraction of sp³-hybridized carbons (Fsp3) is 0.538. The highest BCUT2D eigenvalue weighted by Crippen LogP contribution is 2.31. The number of hydrogen-bond donors (Lipinski definition) is 1. The first-order valence-electron chi connectivity index (χ1n) is 6.47. The van der Waals surface area contributed by atoms with Crippen LogP contribution < -0.4 is 10.1 Å². The van der Waals surface area contributed by atoms with E-state index in [2.05, 4.69) is 28.3 Å². The van der Waals surface area contributed by atoms with Crippen molar-refractivity contribution in [2.75, 3.05) is 32.2 Å². The third-order valence-corrected chi connectivity index (χ3v) is 3.82. The number of fused-ring (bicyclic) bond motifs is 1. The van der Waals surface area contributed by atoms with Crippen LogP contribution in [0.2, 0.25) is 0 Å². The summed E-state index contributed by atoms with van der Waals surface area (Å²) in [6, 6.07) is 2.11. The van der Waals surface area contributed by atoms with E-state index < -0.39 is 0 Å². The lowest BCUT2D eigenvalue weighted by molar-refractivity contribution is 0.109. The van der Waals surface area contributed by atoms with Crippen LogP contribution in [-0.4, -0.2) is 36.8 Å². The molecule has 0 spiro atoms. The molecule has 0 aromatic carbocycles. The fourth-order valence-corrected chi connectivity index (χ4v) is 2.64. The summed E-state index contributed by atoms with van der Waals surface area (Å²) in [7, 11) is 1.81. The third-order valence-electron chi connectivity index (χ3n) is 2.65. The highest BCUT2D eigenvalue weighted by Gasteiger charge is 2.11. The van der Waals surface area contributed by atoms with Gasteiger partial charge in [0.05, 0.1) is 12.0 Å². The molecule has 0 amide bonds. The molecule has 0 saturated heterocycles. The van der Waals surface area contributed by atoms with Crippen molar-refractivity contribution in [2.45, 2.75) is 20.3 Å². The van der Waals surface area contributed by atoms with Crippen molar-refractivity contribution in [2.24, 2.45) is 0 Å². The average molecular weight is 281 g/mol. The van der Waals surface area contributed by atoms with Gasteiger partial charge in [0.2, 0.25) is 11.8 Å². The predicted molar refractivity (Wildman–Crippen MR) is 78.3 cm³/mol. The van der Waals surface area contributed by atoms with Gasteiger partial charge in [0, 0.05) is 18.5 Å². The number of anilines is 1. The Balaban J connectivity index is 2.25. The first-order valence-corrected chi connectivity index (χ1v) is 7.28. The largest absolute Gasteiger partial charge is 0.475 e. The lowest BCUT2D eigenvalue weighted by Gasteiger charge is -2.07. The van der Waals surface area contributed by atoms with Gasteiger partial charge in [0.15, 0.2) is 0 Å². The molecule has 5 nitrogen and oxygen atoms in total. The van der Waals surface area contributed by atoms with Crippen LogP contribution in [0, 0.1) is 0 Å². The quantitative estimate of drug-likeness (QED) is 0.791. The molecule has 1 N–H and O–H groups in total. The van der Waals surface area contributed by atoms with Crippen LogP contribution in [0.3, 0.4) is 0 Å². The Morgan fingerprint density at radius 3 is 2.79 bits per heavy atom. The molecule has 0 bridgehead atoms. The normalized spacial score (nSPS) is 10.9. The summed E-state index contributed by atoms with van der Waals surface area (Å²) >= 11 is 1.68. The SMILES string of the molecule is CCOCCOc1nc(NC)nc2sc(CC)cc12. The second kappa shape index (κ2) is 6.68. The van der Waals surface area contributed by atoms with E-state index in [1.807, 2.05) is 6.92 Å². The van der Waals surface area contributed by atoms with Crippen molar-refractivity contribution in [1.82, 2.24) is 9.97 Å². The van der Waals surface area contributed by atoms with Crippen LogP contribution in [0.5, 0.6) is 5.88 Å². The number of ether oxygens (including phenoxy) is 2. The molecule has 2 aromatic rings. The predicted octanol–water partition coefficient (Wildman–Crippen LogP) is 2.71. The van der Waals surface area contributed by atoms with Gasteiger partial charge in [0.25, 0.3) is 0 Å². The van der Waals surface area contributed by atoms with E-state index in [0.717, 1.165) is 16.6 Å². The van der Waals surface area contributed by atoms with Crippen molar-refractivity contribution in [3.63, 3.8) is 0 Å². The van der Waals surface area contributed by atoms with Gasteiger partial charge in [-0.15, -0.1) is 11.3 Å². The van der Waals surface area contributed by atoms with Crippen LogP contribution in [0.4, 0.5) is 5.95 Å². The van der Waals surface area contributed by atoms with E-state index in [1.54, 1.807) is 18.4 Å². The molecule has 0 saturated carbocycles. The van der Waals surface area contributed by atoms with Crippen molar-refractivity contribution in [1.29, 1.82) is 0 Å². The number of aryl methyl sites for hydroxylation is 1. The maximum absolute atomic E-state index is 5.71. The van der Waals surface area contributed by atoms with Gasteiger partial charge in [0.1, 0.15) is 11.4 Å². The Hall–Kier alpha value is -1.40. The number of aromatic nitrogens is 2. The monoisotopic (exact) mass is 281 g/mol. The number of hydrogen-bond acceptors (Lipinski definition) is 6. The smallest absolute Gasteiger partial charge is 0.227 e. The molecule has 2 rings (SSSR count). The third kappa shape index (κ3) is 3.33. The molecule has 0 aliphatic heterocycles. The van der Waals surface area contributed by atoms with E-state index in [1.165, 1.54) is 4.88 Å². The Bertz CT molecular complexity index is 542. The Kier molecular flexibility index (Phi) is 4.93. The number of thiophene rings is 1. The minimum absolute atomic E-state index is 0.500. The summed E-state index contributed by atoms with van der Waals surface area (Å²) in [5, 5.41) is 3.95. The van der Waals surface area contributed by atoms with E-state index in [0.29, 0.717) is 31.6 Å². The van der Waals surface area contributed by atoms with Gasteiger partial charge in [-0.3, -0.25) is 0 Å². The molecular weight excluding hydrogens is 262 g/mol. The summed E-state index contributed by atoms with van der Waals surface area (Å²) in [6.07, 6.45) is 0.994. The molecular formula is C13H19N3O2S. The molecule has 0 atom stereocenters. The Morgan fingerprint density at radius 1 is 1.26 bits per heavy atom. The van der Waals surface area contributed by atoms with Gasteiger partial charge >= 0.3 is 0 Å². The van der Waals surface area contributed by atoms with Gasteiger partial charge in [-0.05, 0) is 19.4 Å². The van der Waals surface area contributed by atoms with Gasteiger partial charge in [-0.25, -0.2) is 4.98 Å². The van der Waals surface area contributed by atoms with Crippen LogP contribution >= 0.6 is 11.3 Å². The molecule has 0 radical (unpaired) electrons. The molecule has 2 aromatic heterocycles. The zero-order valence-electron chi connectivity index (χ0n) is 11.5. The van der Waals surface area contributed by atoms with Gasteiger partial charge in [-0.1, -0.05) is 6.92 Å². The first kappa shape index (κ1) is 14.0. The molecule has 0 aliphatic carbocycles. The zero-order chi connectivity index (χ0) is 13.7. The fourth-order valence-electron chi connectivity index (χ4n) is 1.68. The van der Waals surface area contributed by atoms with Crippen LogP contribution in [-0.2, 0) is 11.2 Å². The second-order valence-corrected chi connectivity index (χ2v) is 5.05. The summed E-state index contributed by atoms with van der Waals surface area (Å²) < 4.78 is 11.0. The summed E-state index contributed by atoms with van der Waals surface area (Å²) in [4.78, 5) is 11.1. The lowest BCUT2D eigenvalue weighted by atomic mass is 10.3. The Labute approximate surface area is 117 Å². The van der Waals surface area contributed by atoms with E-state index in [4.69, 9.17) is 9.47 Å². The maximum atomic E-state index is 5.71. The standard InChI is InChI=1S/C13H19N3O2S/c1-4-9-8-10-11(18-7-6-17-5-2)15-13(14-3)16-12(10)19-9/h8H,4-7H2,1-3H3,(H,14,15,16). The lowest BCUT2D eigenvalue weighted by Crippen LogP contribution is -2.08. The average Bonchev–Trinajstić information content (AvgIpc) is 2.86. The second-order valence-electron chi connectivity index (χ2n) is 3.93. The maximum Gasteiger partial charge on any atom is 0.227 e. The minimum atomic E-state index is 0.500. The van der Waals surface area contributed by atoms with Crippen molar-refractivity contribution in [3.05, 3.63) is 10.9 Å². The van der Waals surface area contributed by atoms with Crippen molar-refractivity contribution < 1.29 is 9.47 Å². The van der Waals surface area contributed by atoms with Gasteiger partial charge in [-0.2, -0.15) is 4.98 Å². The molecule has 0 fully saturated rings. The summed E-state index contributed by atoms with van der Waals surface area (Å²) in [5.41, 5.74) is 0. The molecule has 2 heterocycles. The zero-order valence-corrected chi connectivity index (χ0v) is 12.3. The topological polar surface area (TPSA) is 56.3 Å². The highest BCUT2D eigenvalue weighted by molar-refractivity contribution is 7.18. The van der Waals surface area contributed by atoms with Crippen LogP contribution in [0.15, 0.2) is 6.07 Å². The molecule has 6 heteroatoms. The number of rotatable bonds is 7. The van der Waals surface area contributed by atoms with Crippen LogP contribution in [0.1, 0.15) is 18.7 Å². The molecule has 19 heavy (non-hydrogen) atoms. The van der Waals surface area contributed by atoms with Crippen molar-refractivity contribution >= 4 is 27.5 Å². The molecule has 0 aliphatic rings. The molecule has 0 unspecified atom stereocenters. The van der Waals surface area contributed by atoms with Crippen LogP contribution in [0.25, 0.3) is 10.2 Å². The highest BCUT2D eigenvalue weighted by atomic mass is 32.1. The number of nitrogens with one attached hydrogen (secondary N) is 1. The molecule has 104 valence electrons. The first-order chi connectivity index (χ1) is 9.28. The summed E-state index contributed by atoms with van der Waals surface area (Å²) in [5.74, 6) is 1.22. The van der Waals surface area contributed by atoms with Crippen molar-refractivity contribution in [3.8, 4) is 5.88 Å². The van der Waals surface area contributed by atoms with E-state index in [-0.39, 0.29) is 0 Å². The Morgan fingerprint density at radius 2 is 2.11 bits per heavy atom. The summed E-state index contributed by atoms with van der Waals surface area (Å²) in [6.45, 7) is 5.87. The van der Waals surface area contributed by atoms with Gasteiger partial charge < -0.3 is 14.8 Å². The number of nitrogens with zero attached hydrogens (tertiary/aromatic N) is 2. The van der Waals surface area contributed by atoms with E-state index in [9.17, 15) is 0 Å². The van der Waals surface area contributed by atoms with E-state index >= 15 is 0 Å².